The Bertz CT molecular complexity index is 1410. The Labute approximate surface area is 258 Å². The fourth-order valence-corrected chi connectivity index (χ4v) is 4.17. The van der Waals surface area contributed by atoms with Gasteiger partial charge in [0, 0.05) is 30.9 Å². The number of fused-ring (bicyclic) bond motifs is 2. The Morgan fingerprint density at radius 2 is 1.69 bits per heavy atom. The number of hydrogen-bond acceptors (Lipinski definition) is 10. The number of nitrogens with zero attached hydrogens (tertiary/aromatic N) is 4. The molecule has 0 saturated carbocycles. The smallest absolute Gasteiger partial charge is 0.422 e. The number of anilines is 3. The average molecular weight is 632 g/mol. The fraction of sp³-hybridized carbons (Fsp3) is 0.433. The zero-order valence-electron chi connectivity index (χ0n) is 25.0. The van der Waals surface area contributed by atoms with Gasteiger partial charge in [-0.25, -0.2) is 4.79 Å². The number of amides is 2. The Morgan fingerprint density at radius 1 is 0.956 bits per heavy atom. The molecule has 45 heavy (non-hydrogen) atoms. The number of carbonyl (C=O) groups is 2. The van der Waals surface area contributed by atoms with E-state index >= 15 is 0 Å². The van der Waals surface area contributed by atoms with Gasteiger partial charge in [-0.2, -0.15) is 28.1 Å². The molecule has 242 valence electrons. The molecule has 0 aliphatic carbocycles. The number of nitrogens with one attached hydrogen (secondary N) is 3. The molecule has 2 amide bonds. The molecule has 0 spiro atoms. The van der Waals surface area contributed by atoms with E-state index in [1.165, 1.54) is 0 Å². The van der Waals surface area contributed by atoms with Crippen LogP contribution in [0.1, 0.15) is 49.0 Å². The first-order valence-electron chi connectivity index (χ1n) is 14.6. The highest BCUT2D eigenvalue weighted by molar-refractivity contribution is 5.94. The Morgan fingerprint density at radius 3 is 2.40 bits per heavy atom. The summed E-state index contributed by atoms with van der Waals surface area (Å²) in [6.45, 7) is 3.77. The zero-order chi connectivity index (χ0) is 32.2. The lowest BCUT2D eigenvalue weighted by Crippen LogP contribution is -2.37. The fourth-order valence-electron chi connectivity index (χ4n) is 4.17. The van der Waals surface area contributed by atoms with Gasteiger partial charge in [-0.15, -0.1) is 0 Å². The first-order chi connectivity index (χ1) is 21.5. The molecule has 3 aliphatic rings. The van der Waals surface area contributed by atoms with Gasteiger partial charge in [0.2, 0.25) is 11.9 Å². The van der Waals surface area contributed by atoms with Gasteiger partial charge in [-0.05, 0) is 75.1 Å². The van der Waals surface area contributed by atoms with E-state index in [9.17, 15) is 22.8 Å². The minimum absolute atomic E-state index is 0.0140. The highest BCUT2D eigenvalue weighted by Gasteiger charge is 2.29. The molecule has 3 aliphatic heterocycles. The predicted molar refractivity (Wildman–Crippen MR) is 160 cm³/mol. The molecule has 1 aromatic heterocycles. The van der Waals surface area contributed by atoms with E-state index in [0.29, 0.717) is 36.6 Å². The van der Waals surface area contributed by atoms with Crippen LogP contribution in [0.4, 0.5) is 35.5 Å². The van der Waals surface area contributed by atoms with E-state index in [4.69, 9.17) is 14.2 Å². The maximum Gasteiger partial charge on any atom is 0.422 e. The van der Waals surface area contributed by atoms with Crippen molar-refractivity contribution in [1.29, 1.82) is 0 Å². The third-order valence-electron chi connectivity index (χ3n) is 6.37. The minimum Gasteiger partial charge on any atom is -0.492 e. The number of halogens is 3. The van der Waals surface area contributed by atoms with Gasteiger partial charge in [0.1, 0.15) is 12.4 Å². The second-order valence-electron chi connectivity index (χ2n) is 10.5. The molecule has 6 bridgehead atoms. The SMILES string of the molecule is CC(C)OC(=O)N1CCCCCNC(=O)c2ccc(cc2)Nc2nc(nc(OCC(F)(F)F)n2)NCc2ccc(cc2)OCC1. The van der Waals surface area contributed by atoms with E-state index in [-0.39, 0.29) is 37.1 Å². The number of hydrogen-bond donors (Lipinski definition) is 3. The molecular weight excluding hydrogens is 595 g/mol. The maximum absolute atomic E-state index is 12.8. The molecule has 0 radical (unpaired) electrons. The third-order valence-corrected chi connectivity index (χ3v) is 6.37. The van der Waals surface area contributed by atoms with Crippen LogP contribution >= 0.6 is 0 Å². The van der Waals surface area contributed by atoms with Crippen molar-refractivity contribution in [1.82, 2.24) is 25.2 Å². The van der Waals surface area contributed by atoms with Gasteiger partial charge in [-0.1, -0.05) is 12.1 Å². The number of benzene rings is 2. The third kappa shape index (κ3) is 11.3. The number of alkyl halides is 3. The Hall–Kier alpha value is -4.82. The minimum atomic E-state index is -4.58. The van der Waals surface area contributed by atoms with Crippen molar-refractivity contribution in [2.24, 2.45) is 0 Å². The number of rotatable bonds is 3. The van der Waals surface area contributed by atoms with Crippen LogP contribution in [0.5, 0.6) is 11.8 Å². The van der Waals surface area contributed by atoms with Crippen molar-refractivity contribution >= 4 is 29.6 Å². The van der Waals surface area contributed by atoms with Crippen LogP contribution < -0.4 is 25.4 Å². The van der Waals surface area contributed by atoms with E-state index in [1.807, 2.05) is 12.1 Å². The predicted octanol–water partition coefficient (Wildman–Crippen LogP) is 5.31. The molecule has 12 nitrogen and oxygen atoms in total. The standard InChI is InChI=1S/C30H36F3N7O5/c1-20(2)45-29(42)40-15-5-3-4-14-34-25(41)22-8-10-23(11-9-22)36-27-37-26(38-28(39-27)44-19-30(31,32)33)35-18-21-6-12-24(13-7-21)43-17-16-40/h6-13,20H,3-5,14-19H2,1-2H3,(H,34,41)(H2,35,36,37,38,39). The first kappa shape index (κ1) is 33.1. The van der Waals surface area contributed by atoms with E-state index in [0.717, 1.165) is 24.8 Å². The summed E-state index contributed by atoms with van der Waals surface area (Å²) in [5.74, 6) is 0.271. The maximum atomic E-state index is 12.8. The lowest BCUT2D eigenvalue weighted by Gasteiger charge is -2.23. The summed E-state index contributed by atoms with van der Waals surface area (Å²) in [5, 5.41) is 8.76. The van der Waals surface area contributed by atoms with Crippen molar-refractivity contribution in [3.05, 3.63) is 59.7 Å². The number of carbonyl (C=O) groups excluding carboxylic acids is 2. The molecule has 3 N–H and O–H groups in total. The van der Waals surface area contributed by atoms with E-state index < -0.39 is 24.9 Å². The van der Waals surface area contributed by atoms with Crippen molar-refractivity contribution in [3.8, 4) is 11.8 Å². The topological polar surface area (TPSA) is 140 Å². The molecule has 15 heteroatoms. The quantitative estimate of drug-likeness (QED) is 0.349. The Kier molecular flexibility index (Phi) is 11.6. The summed E-state index contributed by atoms with van der Waals surface area (Å²) in [6, 6.07) is 13.1. The first-order valence-corrected chi connectivity index (χ1v) is 14.6. The van der Waals surface area contributed by atoms with Crippen molar-refractivity contribution in [2.75, 3.05) is 43.5 Å². The lowest BCUT2D eigenvalue weighted by atomic mass is 10.2. The summed E-state index contributed by atoms with van der Waals surface area (Å²) in [6.07, 6.45) is -3.02. The summed E-state index contributed by atoms with van der Waals surface area (Å²) >= 11 is 0. The molecule has 0 saturated heterocycles. The second-order valence-corrected chi connectivity index (χ2v) is 10.5. The highest BCUT2D eigenvalue weighted by atomic mass is 19.4. The van der Waals surface area contributed by atoms with Crippen LogP contribution in [-0.2, 0) is 11.3 Å². The van der Waals surface area contributed by atoms with Gasteiger partial charge < -0.3 is 35.1 Å². The zero-order valence-corrected chi connectivity index (χ0v) is 25.0. The monoisotopic (exact) mass is 631 g/mol. The lowest BCUT2D eigenvalue weighted by molar-refractivity contribution is -0.154. The van der Waals surface area contributed by atoms with E-state index in [1.54, 1.807) is 55.1 Å². The van der Waals surface area contributed by atoms with Crippen LogP contribution in [0, 0.1) is 0 Å². The van der Waals surface area contributed by atoms with Crippen molar-refractivity contribution in [2.45, 2.75) is 51.9 Å². The number of ether oxygens (including phenoxy) is 3. The molecule has 0 atom stereocenters. The molecule has 4 heterocycles. The molecular formula is C30H36F3N7O5. The molecule has 6 rings (SSSR count). The summed E-state index contributed by atoms with van der Waals surface area (Å²) in [7, 11) is 0. The molecule has 2 aromatic carbocycles. The summed E-state index contributed by atoms with van der Waals surface area (Å²) in [5.41, 5.74) is 1.73. The van der Waals surface area contributed by atoms with Crippen LogP contribution in [0.2, 0.25) is 0 Å². The number of aromatic nitrogens is 3. The molecule has 3 aromatic rings. The van der Waals surface area contributed by atoms with Crippen LogP contribution in [0.3, 0.4) is 0 Å². The molecule has 0 unspecified atom stereocenters. The van der Waals surface area contributed by atoms with Crippen molar-refractivity contribution in [3.63, 3.8) is 0 Å². The van der Waals surface area contributed by atoms with Gasteiger partial charge in [0.25, 0.3) is 5.91 Å². The largest absolute Gasteiger partial charge is 0.492 e. The van der Waals surface area contributed by atoms with Crippen LogP contribution in [0.15, 0.2) is 48.5 Å². The van der Waals surface area contributed by atoms with Crippen LogP contribution in [0.25, 0.3) is 0 Å². The van der Waals surface area contributed by atoms with Gasteiger partial charge in [-0.3, -0.25) is 4.79 Å². The van der Waals surface area contributed by atoms with Gasteiger partial charge >= 0.3 is 18.3 Å². The van der Waals surface area contributed by atoms with Crippen LogP contribution in [-0.4, -0.2) is 77.0 Å². The van der Waals surface area contributed by atoms with Crippen molar-refractivity contribution < 1.29 is 37.0 Å². The van der Waals surface area contributed by atoms with Gasteiger partial charge in [0.15, 0.2) is 6.61 Å². The summed E-state index contributed by atoms with van der Waals surface area (Å²) < 4.78 is 54.4. The van der Waals surface area contributed by atoms with Gasteiger partial charge in [0.05, 0.1) is 12.6 Å². The van der Waals surface area contributed by atoms with E-state index in [2.05, 4.69) is 30.9 Å². The average Bonchev–Trinajstić information content (AvgIpc) is 2.99. The molecule has 0 fully saturated rings. The normalized spacial score (nSPS) is 15.2. The Balaban J connectivity index is 1.52. The second kappa shape index (κ2) is 15.8. The highest BCUT2D eigenvalue weighted by Crippen LogP contribution is 2.21. The summed E-state index contributed by atoms with van der Waals surface area (Å²) in [4.78, 5) is 39.0.